The quantitative estimate of drug-likeness (QED) is 0.488. The Morgan fingerprint density at radius 2 is 1.90 bits per heavy atom. The number of ether oxygens (including phenoxy) is 2. The maximum absolute atomic E-state index is 12.8. The summed E-state index contributed by atoms with van der Waals surface area (Å²) in [6.45, 7) is 2.53. The normalized spacial score (nSPS) is 11.5. The summed E-state index contributed by atoms with van der Waals surface area (Å²) in [7, 11) is 1.53. The van der Waals surface area contributed by atoms with Gasteiger partial charge in [0.05, 0.1) is 29.3 Å². The van der Waals surface area contributed by atoms with E-state index in [2.05, 4.69) is 10.6 Å². The largest absolute Gasteiger partial charge is 0.493 e. The highest BCUT2D eigenvalue weighted by atomic mass is 35.5. The van der Waals surface area contributed by atoms with E-state index < -0.39 is 11.9 Å². The standard InChI is InChI=1S/C22H26Cl2N2O4S/c1-4-30-20-17(24)11-14(12-19(20)29-2)13-25-22(28)18(9-10-31-3)26-21(27)15-7-5-6-8-16(15)23/h5-8,11-12,18H,4,9-10,13H2,1-3H3,(H,25,28)(H,26,27). The zero-order valence-corrected chi connectivity index (χ0v) is 20.0. The van der Waals surface area contributed by atoms with E-state index in [1.165, 1.54) is 7.11 Å². The molecular weight excluding hydrogens is 459 g/mol. The van der Waals surface area contributed by atoms with E-state index in [9.17, 15) is 9.59 Å². The average Bonchev–Trinajstić information content (AvgIpc) is 2.76. The Bertz CT molecular complexity index is 911. The lowest BCUT2D eigenvalue weighted by Gasteiger charge is -2.19. The van der Waals surface area contributed by atoms with Gasteiger partial charge in [0.2, 0.25) is 5.91 Å². The molecule has 0 aromatic heterocycles. The highest BCUT2D eigenvalue weighted by molar-refractivity contribution is 7.98. The van der Waals surface area contributed by atoms with Crippen molar-refractivity contribution in [3.63, 3.8) is 0 Å². The molecule has 168 valence electrons. The van der Waals surface area contributed by atoms with Crippen LogP contribution in [-0.4, -0.2) is 43.6 Å². The van der Waals surface area contributed by atoms with Crippen LogP contribution >= 0.6 is 35.0 Å². The molecule has 31 heavy (non-hydrogen) atoms. The topological polar surface area (TPSA) is 76.7 Å². The van der Waals surface area contributed by atoms with Gasteiger partial charge in [0, 0.05) is 6.54 Å². The zero-order valence-electron chi connectivity index (χ0n) is 17.7. The van der Waals surface area contributed by atoms with Crippen LogP contribution in [0.2, 0.25) is 10.0 Å². The molecule has 0 bridgehead atoms. The van der Waals surface area contributed by atoms with Crippen LogP contribution < -0.4 is 20.1 Å². The minimum Gasteiger partial charge on any atom is -0.493 e. The van der Waals surface area contributed by atoms with Gasteiger partial charge in [0.1, 0.15) is 6.04 Å². The van der Waals surface area contributed by atoms with Gasteiger partial charge < -0.3 is 20.1 Å². The number of rotatable bonds is 11. The van der Waals surface area contributed by atoms with Crippen molar-refractivity contribution in [2.24, 2.45) is 0 Å². The summed E-state index contributed by atoms with van der Waals surface area (Å²) in [5, 5.41) is 6.38. The van der Waals surface area contributed by atoms with E-state index in [-0.39, 0.29) is 12.5 Å². The van der Waals surface area contributed by atoms with Gasteiger partial charge in [-0.15, -0.1) is 0 Å². The fourth-order valence-electron chi connectivity index (χ4n) is 2.86. The highest BCUT2D eigenvalue weighted by Crippen LogP contribution is 2.36. The number of benzene rings is 2. The molecule has 1 unspecified atom stereocenters. The molecule has 0 aliphatic heterocycles. The molecule has 0 aliphatic rings. The maximum atomic E-state index is 12.8. The summed E-state index contributed by atoms with van der Waals surface area (Å²) in [5.41, 5.74) is 1.08. The Hall–Kier alpha value is -2.09. The second-order valence-electron chi connectivity index (χ2n) is 6.55. The molecule has 0 spiro atoms. The number of methoxy groups -OCH3 is 1. The number of thioether (sulfide) groups is 1. The van der Waals surface area contributed by atoms with E-state index >= 15 is 0 Å². The smallest absolute Gasteiger partial charge is 0.253 e. The molecule has 2 N–H and O–H groups in total. The molecule has 2 aromatic rings. The first-order valence-electron chi connectivity index (χ1n) is 9.72. The number of amides is 2. The van der Waals surface area contributed by atoms with Crippen LogP contribution in [0.4, 0.5) is 0 Å². The molecule has 0 radical (unpaired) electrons. The maximum Gasteiger partial charge on any atom is 0.253 e. The summed E-state index contributed by atoms with van der Waals surface area (Å²) < 4.78 is 10.9. The monoisotopic (exact) mass is 484 g/mol. The molecule has 1 atom stereocenters. The van der Waals surface area contributed by atoms with Crippen molar-refractivity contribution >= 4 is 46.8 Å². The van der Waals surface area contributed by atoms with Gasteiger partial charge in [-0.1, -0.05) is 35.3 Å². The minimum atomic E-state index is -0.698. The first-order valence-corrected chi connectivity index (χ1v) is 11.9. The second-order valence-corrected chi connectivity index (χ2v) is 8.35. The Morgan fingerprint density at radius 3 is 2.55 bits per heavy atom. The van der Waals surface area contributed by atoms with Crippen molar-refractivity contribution < 1.29 is 19.1 Å². The number of nitrogens with one attached hydrogen (secondary N) is 2. The first kappa shape index (κ1) is 25.2. The lowest BCUT2D eigenvalue weighted by atomic mass is 10.1. The molecule has 2 rings (SSSR count). The van der Waals surface area contributed by atoms with Gasteiger partial charge in [0.15, 0.2) is 11.5 Å². The first-order chi connectivity index (χ1) is 14.9. The molecule has 0 saturated carbocycles. The molecule has 9 heteroatoms. The summed E-state index contributed by atoms with van der Waals surface area (Å²) in [6.07, 6.45) is 2.43. The molecule has 0 heterocycles. The third kappa shape index (κ3) is 7.23. The number of halogens is 2. The molecular formula is C22H26Cl2N2O4S. The van der Waals surface area contributed by atoms with Crippen LogP contribution in [0.3, 0.4) is 0 Å². The van der Waals surface area contributed by atoms with Crippen LogP contribution in [0.5, 0.6) is 11.5 Å². The van der Waals surface area contributed by atoms with Crippen molar-refractivity contribution in [2.45, 2.75) is 25.9 Å². The third-order valence-corrected chi connectivity index (χ3v) is 5.65. The van der Waals surface area contributed by atoms with Gasteiger partial charge >= 0.3 is 0 Å². The van der Waals surface area contributed by atoms with Crippen molar-refractivity contribution in [3.05, 3.63) is 57.6 Å². The number of hydrogen-bond acceptors (Lipinski definition) is 5. The van der Waals surface area contributed by atoms with E-state index in [4.69, 9.17) is 32.7 Å². The van der Waals surface area contributed by atoms with Crippen LogP contribution in [0, 0.1) is 0 Å². The number of carbonyl (C=O) groups excluding carboxylic acids is 2. The SMILES string of the molecule is CCOc1c(Cl)cc(CNC(=O)C(CCSC)NC(=O)c2ccccc2Cl)cc1OC. The Labute approximate surface area is 197 Å². The van der Waals surface area contributed by atoms with Gasteiger partial charge in [-0.2, -0.15) is 11.8 Å². The van der Waals surface area contributed by atoms with Crippen molar-refractivity contribution in [1.82, 2.24) is 10.6 Å². The van der Waals surface area contributed by atoms with Crippen LogP contribution in [0.15, 0.2) is 36.4 Å². The molecule has 0 saturated heterocycles. The zero-order chi connectivity index (χ0) is 22.8. The Kier molecular flexibility index (Phi) is 10.3. The summed E-state index contributed by atoms with van der Waals surface area (Å²) in [5.74, 6) is 0.982. The molecule has 0 aliphatic carbocycles. The lowest BCUT2D eigenvalue weighted by molar-refractivity contribution is -0.123. The fourth-order valence-corrected chi connectivity index (χ4v) is 3.84. The van der Waals surface area contributed by atoms with Crippen molar-refractivity contribution in [3.8, 4) is 11.5 Å². The molecule has 2 amide bonds. The van der Waals surface area contributed by atoms with Gasteiger partial charge in [0.25, 0.3) is 5.91 Å². The van der Waals surface area contributed by atoms with Gasteiger partial charge in [-0.3, -0.25) is 9.59 Å². The summed E-state index contributed by atoms with van der Waals surface area (Å²) in [4.78, 5) is 25.4. The van der Waals surface area contributed by atoms with Crippen LogP contribution in [0.1, 0.15) is 29.3 Å². The predicted octanol–water partition coefficient (Wildman–Crippen LogP) is 4.57. The van der Waals surface area contributed by atoms with E-state index in [1.807, 2.05) is 13.2 Å². The van der Waals surface area contributed by atoms with Gasteiger partial charge in [-0.05, 0) is 55.2 Å². The second kappa shape index (κ2) is 12.7. The summed E-state index contributed by atoms with van der Waals surface area (Å²) >= 11 is 14.0. The fraction of sp³-hybridized carbons (Fsp3) is 0.364. The van der Waals surface area contributed by atoms with Crippen molar-refractivity contribution in [1.29, 1.82) is 0 Å². The average molecular weight is 485 g/mol. The number of hydrogen-bond donors (Lipinski definition) is 2. The van der Waals surface area contributed by atoms with Crippen LogP contribution in [-0.2, 0) is 11.3 Å². The Balaban J connectivity index is 2.09. The number of carbonyl (C=O) groups is 2. The van der Waals surface area contributed by atoms with Crippen LogP contribution in [0.25, 0.3) is 0 Å². The minimum absolute atomic E-state index is 0.221. The van der Waals surface area contributed by atoms with Gasteiger partial charge in [-0.25, -0.2) is 0 Å². The van der Waals surface area contributed by atoms with E-state index in [1.54, 1.807) is 48.2 Å². The third-order valence-electron chi connectivity index (χ3n) is 4.40. The van der Waals surface area contributed by atoms with E-state index in [0.29, 0.717) is 45.9 Å². The Morgan fingerprint density at radius 1 is 1.16 bits per heavy atom. The predicted molar refractivity (Wildman–Crippen MR) is 127 cm³/mol. The molecule has 6 nitrogen and oxygen atoms in total. The van der Waals surface area contributed by atoms with Crippen molar-refractivity contribution in [2.75, 3.05) is 25.7 Å². The highest BCUT2D eigenvalue weighted by Gasteiger charge is 2.22. The summed E-state index contributed by atoms with van der Waals surface area (Å²) in [6, 6.07) is 9.50. The molecule has 0 fully saturated rings. The van der Waals surface area contributed by atoms with E-state index in [0.717, 1.165) is 5.56 Å². The molecule has 2 aromatic carbocycles. The lowest BCUT2D eigenvalue weighted by Crippen LogP contribution is -2.47.